The maximum absolute atomic E-state index is 14.7. The second kappa shape index (κ2) is 13.1. The first-order valence-electron chi connectivity index (χ1n) is 15.2. The van der Waals surface area contributed by atoms with Gasteiger partial charge >= 0.3 is 6.18 Å². The van der Waals surface area contributed by atoms with Crippen molar-refractivity contribution in [2.75, 3.05) is 13.1 Å². The van der Waals surface area contributed by atoms with Gasteiger partial charge in [0.05, 0.1) is 28.2 Å². The molecule has 3 heterocycles. The molecule has 45 heavy (non-hydrogen) atoms. The molecular weight excluding hydrogens is 601 g/mol. The molecule has 0 bridgehead atoms. The average Bonchev–Trinajstić information content (AvgIpc) is 3.47. The predicted molar refractivity (Wildman–Crippen MR) is 172 cm³/mol. The number of halogens is 4. The summed E-state index contributed by atoms with van der Waals surface area (Å²) < 4.78 is 46.5. The standard InChI is InChI=1S/C35H36ClF3N4O2/c1-5-23-11-10-12-24(6-2)32(23)43-30(19-22(3)4)27(33(44)41-17-8-7-9-18-41)20-28(34(43)45)31-29(35(37,38)39)21-42(40-31)26-15-13-25(36)14-16-26/h10-16,19-21H,5-9,17-18H2,1-4H3. The van der Waals surface area contributed by atoms with Crippen molar-refractivity contribution in [3.05, 3.63) is 104 Å². The summed E-state index contributed by atoms with van der Waals surface area (Å²) in [4.78, 5) is 30.7. The van der Waals surface area contributed by atoms with Gasteiger partial charge in [-0.2, -0.15) is 18.3 Å². The third-order valence-electron chi connectivity index (χ3n) is 8.09. The van der Waals surface area contributed by atoms with Gasteiger partial charge in [0.25, 0.3) is 11.5 Å². The SMILES string of the molecule is CCc1cccc(CC)c1-n1c(C=C(C)C)c(C(=O)N2CCCCC2)cc(-c2nn(-c3ccc(Cl)cc3)cc2C(F)(F)F)c1=O. The number of hydrogen-bond donors (Lipinski definition) is 0. The molecule has 236 valence electrons. The van der Waals surface area contributed by atoms with Gasteiger partial charge in [0.2, 0.25) is 0 Å². The lowest BCUT2D eigenvalue weighted by Gasteiger charge is -2.29. The van der Waals surface area contributed by atoms with Gasteiger partial charge in [-0.25, -0.2) is 4.68 Å². The summed E-state index contributed by atoms with van der Waals surface area (Å²) in [7, 11) is 0. The summed E-state index contributed by atoms with van der Waals surface area (Å²) >= 11 is 6.02. The lowest BCUT2D eigenvalue weighted by Crippen LogP contribution is -2.37. The highest BCUT2D eigenvalue weighted by molar-refractivity contribution is 6.30. The third kappa shape index (κ3) is 6.50. The fourth-order valence-electron chi connectivity index (χ4n) is 5.89. The maximum Gasteiger partial charge on any atom is 0.420 e. The Morgan fingerprint density at radius 1 is 0.978 bits per heavy atom. The second-order valence-corrected chi connectivity index (χ2v) is 12.0. The van der Waals surface area contributed by atoms with Crippen molar-refractivity contribution in [2.45, 2.75) is 66.0 Å². The van der Waals surface area contributed by atoms with Crippen LogP contribution in [0, 0.1) is 0 Å². The molecule has 0 unspecified atom stereocenters. The number of rotatable bonds is 7. The minimum Gasteiger partial charge on any atom is -0.339 e. The number of hydrogen-bond acceptors (Lipinski definition) is 3. The number of benzene rings is 2. The van der Waals surface area contributed by atoms with Gasteiger partial charge in [-0.1, -0.05) is 49.2 Å². The molecule has 2 aromatic heterocycles. The Bertz CT molecular complexity index is 1790. The number of aryl methyl sites for hydroxylation is 2. The van der Waals surface area contributed by atoms with Crippen LogP contribution in [0.1, 0.15) is 79.7 Å². The van der Waals surface area contributed by atoms with Crippen LogP contribution in [0.15, 0.2) is 65.1 Å². The average molecular weight is 637 g/mol. The number of likely N-dealkylation sites (tertiary alicyclic amines) is 1. The van der Waals surface area contributed by atoms with E-state index in [0.29, 0.717) is 48.0 Å². The van der Waals surface area contributed by atoms with Crippen molar-refractivity contribution in [1.29, 1.82) is 0 Å². The van der Waals surface area contributed by atoms with Gasteiger partial charge < -0.3 is 4.90 Å². The normalized spacial score (nSPS) is 13.6. The Labute approximate surface area is 265 Å². The molecule has 2 aromatic carbocycles. The fourth-order valence-corrected chi connectivity index (χ4v) is 6.01. The summed E-state index contributed by atoms with van der Waals surface area (Å²) in [5, 5.41) is 4.75. The van der Waals surface area contributed by atoms with Crippen LogP contribution in [0.3, 0.4) is 0 Å². The summed E-state index contributed by atoms with van der Waals surface area (Å²) in [5.74, 6) is -0.324. The number of pyridine rings is 1. The number of nitrogens with zero attached hydrogens (tertiary/aromatic N) is 4. The first-order chi connectivity index (χ1) is 21.4. The first-order valence-corrected chi connectivity index (χ1v) is 15.6. The van der Waals surface area contributed by atoms with Crippen molar-refractivity contribution < 1.29 is 18.0 Å². The van der Waals surface area contributed by atoms with E-state index in [-0.39, 0.29) is 17.0 Å². The van der Waals surface area contributed by atoms with E-state index in [1.54, 1.807) is 35.2 Å². The number of amides is 1. The lowest BCUT2D eigenvalue weighted by atomic mass is 9.98. The number of allylic oxidation sites excluding steroid dienone is 1. The largest absolute Gasteiger partial charge is 0.420 e. The van der Waals surface area contributed by atoms with E-state index in [1.807, 2.05) is 45.9 Å². The summed E-state index contributed by atoms with van der Waals surface area (Å²) in [6.45, 7) is 8.71. The molecule has 0 atom stereocenters. The fraction of sp³-hybridized carbons (Fsp3) is 0.343. The Kier molecular flexibility index (Phi) is 9.39. The van der Waals surface area contributed by atoms with Crippen molar-refractivity contribution in [1.82, 2.24) is 19.2 Å². The topological polar surface area (TPSA) is 60.1 Å². The molecule has 0 aliphatic carbocycles. The quantitative estimate of drug-likeness (QED) is 0.204. The number of piperidine rings is 1. The van der Waals surface area contributed by atoms with Gasteiger partial charge in [-0.05, 0) is 93.5 Å². The number of carbonyl (C=O) groups is 1. The van der Waals surface area contributed by atoms with E-state index in [0.717, 1.165) is 46.8 Å². The summed E-state index contributed by atoms with van der Waals surface area (Å²) in [6, 6.07) is 13.2. The van der Waals surface area contributed by atoms with Gasteiger partial charge in [-0.3, -0.25) is 14.2 Å². The van der Waals surface area contributed by atoms with Crippen LogP contribution in [0.25, 0.3) is 28.7 Å². The minimum absolute atomic E-state index is 0.162. The monoisotopic (exact) mass is 636 g/mol. The molecule has 1 fully saturated rings. The highest BCUT2D eigenvalue weighted by Gasteiger charge is 2.38. The van der Waals surface area contributed by atoms with Crippen molar-refractivity contribution >= 4 is 23.6 Å². The lowest BCUT2D eigenvalue weighted by molar-refractivity contribution is -0.137. The van der Waals surface area contributed by atoms with Crippen LogP contribution in [-0.4, -0.2) is 38.2 Å². The highest BCUT2D eigenvalue weighted by Crippen LogP contribution is 2.38. The molecule has 1 saturated heterocycles. The van der Waals surface area contributed by atoms with Crippen LogP contribution in [0.5, 0.6) is 0 Å². The molecule has 4 aromatic rings. The molecule has 0 radical (unpaired) electrons. The number of aromatic nitrogens is 3. The van der Waals surface area contributed by atoms with E-state index in [9.17, 15) is 22.8 Å². The molecule has 1 aliphatic heterocycles. The maximum atomic E-state index is 14.7. The Balaban J connectivity index is 1.92. The zero-order valence-corrected chi connectivity index (χ0v) is 26.6. The molecular formula is C35H36ClF3N4O2. The Morgan fingerprint density at radius 3 is 2.16 bits per heavy atom. The van der Waals surface area contributed by atoms with E-state index < -0.39 is 23.0 Å². The van der Waals surface area contributed by atoms with Crippen molar-refractivity contribution in [3.8, 4) is 22.6 Å². The highest BCUT2D eigenvalue weighted by atomic mass is 35.5. The summed E-state index contributed by atoms with van der Waals surface area (Å²) in [6.07, 6.45) is 1.61. The van der Waals surface area contributed by atoms with E-state index in [2.05, 4.69) is 5.10 Å². The second-order valence-electron chi connectivity index (χ2n) is 11.5. The van der Waals surface area contributed by atoms with Gasteiger partial charge in [0, 0.05) is 24.3 Å². The Hall–Kier alpha value is -4.11. The van der Waals surface area contributed by atoms with Crippen LogP contribution in [0.2, 0.25) is 5.02 Å². The molecule has 1 aliphatic rings. The van der Waals surface area contributed by atoms with E-state index in [1.165, 1.54) is 10.6 Å². The summed E-state index contributed by atoms with van der Waals surface area (Å²) in [5.41, 5.74) is 1.36. The number of para-hydroxylation sites is 1. The predicted octanol–water partition coefficient (Wildman–Crippen LogP) is 8.54. The number of alkyl halides is 3. The molecule has 0 saturated carbocycles. The van der Waals surface area contributed by atoms with Crippen LogP contribution >= 0.6 is 11.6 Å². The molecule has 0 N–H and O–H groups in total. The van der Waals surface area contributed by atoms with E-state index in [4.69, 9.17) is 11.6 Å². The smallest absolute Gasteiger partial charge is 0.339 e. The van der Waals surface area contributed by atoms with Gasteiger partial charge in [0.1, 0.15) is 11.3 Å². The Morgan fingerprint density at radius 2 is 1.60 bits per heavy atom. The molecule has 0 spiro atoms. The molecule has 10 heteroatoms. The zero-order chi connectivity index (χ0) is 32.5. The first kappa shape index (κ1) is 32.3. The number of carbonyl (C=O) groups excluding carboxylic acids is 1. The van der Waals surface area contributed by atoms with E-state index >= 15 is 0 Å². The zero-order valence-electron chi connectivity index (χ0n) is 25.8. The van der Waals surface area contributed by atoms with Crippen LogP contribution in [0.4, 0.5) is 13.2 Å². The minimum atomic E-state index is -4.83. The molecule has 6 nitrogen and oxygen atoms in total. The molecule has 1 amide bonds. The van der Waals surface area contributed by atoms with Crippen molar-refractivity contribution in [3.63, 3.8) is 0 Å². The van der Waals surface area contributed by atoms with Gasteiger partial charge in [-0.15, -0.1) is 0 Å². The van der Waals surface area contributed by atoms with Crippen LogP contribution < -0.4 is 5.56 Å². The van der Waals surface area contributed by atoms with Gasteiger partial charge in [0.15, 0.2) is 0 Å². The third-order valence-corrected chi connectivity index (χ3v) is 8.34. The van der Waals surface area contributed by atoms with Crippen molar-refractivity contribution in [2.24, 2.45) is 0 Å². The van der Waals surface area contributed by atoms with Crippen LogP contribution in [-0.2, 0) is 19.0 Å². The molecule has 5 rings (SSSR count).